The molecule has 0 aromatic heterocycles. The standard InChI is InChI=1S/C22H25NO7/c1-14(2)30-20(21(24)25)9-15-4-3-5-16(8-15)11-23-22(26)27-12-17-6-7-18-19(10-17)29-13-28-18/h3-8,10,14,20H,9,11-13H2,1-2H3,(H,23,26)(H,24,25). The van der Waals surface area contributed by atoms with Crippen LogP contribution in [0, 0.1) is 0 Å². The van der Waals surface area contributed by atoms with Crippen LogP contribution in [0.15, 0.2) is 42.5 Å². The Morgan fingerprint density at radius 2 is 1.83 bits per heavy atom. The number of carbonyl (C=O) groups excluding carboxylic acids is 1. The molecule has 0 radical (unpaired) electrons. The van der Waals surface area contributed by atoms with Gasteiger partial charge in [0.05, 0.1) is 6.10 Å². The Bertz CT molecular complexity index is 897. The minimum absolute atomic E-state index is 0.106. The van der Waals surface area contributed by atoms with E-state index in [4.69, 9.17) is 18.9 Å². The maximum absolute atomic E-state index is 12.0. The highest BCUT2D eigenvalue weighted by Crippen LogP contribution is 2.32. The Kier molecular flexibility index (Phi) is 7.13. The maximum Gasteiger partial charge on any atom is 0.407 e. The lowest BCUT2D eigenvalue weighted by atomic mass is 10.0. The van der Waals surface area contributed by atoms with Gasteiger partial charge in [-0.3, -0.25) is 0 Å². The predicted octanol–water partition coefficient (Wildman–Crippen LogP) is 3.26. The zero-order chi connectivity index (χ0) is 21.5. The van der Waals surface area contributed by atoms with Gasteiger partial charge in [0, 0.05) is 13.0 Å². The highest BCUT2D eigenvalue weighted by atomic mass is 16.7. The number of amides is 1. The van der Waals surface area contributed by atoms with E-state index in [-0.39, 0.29) is 32.5 Å². The van der Waals surface area contributed by atoms with Crippen molar-refractivity contribution in [3.63, 3.8) is 0 Å². The molecule has 1 amide bonds. The molecule has 0 saturated heterocycles. The smallest absolute Gasteiger partial charge is 0.407 e. The molecule has 1 atom stereocenters. The number of ether oxygens (including phenoxy) is 4. The number of carboxylic acid groups (broad SMARTS) is 1. The fourth-order valence-corrected chi connectivity index (χ4v) is 3.01. The van der Waals surface area contributed by atoms with Crippen LogP contribution in [0.1, 0.15) is 30.5 Å². The van der Waals surface area contributed by atoms with Crippen molar-refractivity contribution in [3.8, 4) is 11.5 Å². The van der Waals surface area contributed by atoms with E-state index in [1.165, 1.54) is 0 Å². The van der Waals surface area contributed by atoms with Gasteiger partial charge >= 0.3 is 12.1 Å². The number of carbonyl (C=O) groups is 2. The van der Waals surface area contributed by atoms with Crippen LogP contribution in [0.5, 0.6) is 11.5 Å². The summed E-state index contributed by atoms with van der Waals surface area (Å²) in [7, 11) is 0. The van der Waals surface area contributed by atoms with E-state index in [2.05, 4.69) is 5.32 Å². The number of hydrogen-bond donors (Lipinski definition) is 2. The zero-order valence-electron chi connectivity index (χ0n) is 16.9. The van der Waals surface area contributed by atoms with Crippen LogP contribution in [-0.2, 0) is 33.8 Å². The molecule has 0 spiro atoms. The second kappa shape index (κ2) is 9.98. The second-order valence-corrected chi connectivity index (χ2v) is 7.15. The predicted molar refractivity (Wildman–Crippen MR) is 107 cm³/mol. The molecule has 2 N–H and O–H groups in total. The largest absolute Gasteiger partial charge is 0.479 e. The van der Waals surface area contributed by atoms with Crippen LogP contribution in [0.3, 0.4) is 0 Å². The number of aliphatic carboxylic acids is 1. The number of hydrogen-bond acceptors (Lipinski definition) is 6. The normalized spacial score (nSPS) is 13.2. The van der Waals surface area contributed by atoms with Gasteiger partial charge in [-0.2, -0.15) is 0 Å². The third kappa shape index (κ3) is 6.12. The molecule has 30 heavy (non-hydrogen) atoms. The first-order valence-corrected chi connectivity index (χ1v) is 9.66. The molecule has 8 heteroatoms. The Morgan fingerprint density at radius 3 is 2.60 bits per heavy atom. The molecule has 0 aliphatic carbocycles. The molecule has 2 aromatic rings. The van der Waals surface area contributed by atoms with Crippen LogP contribution in [0.2, 0.25) is 0 Å². The summed E-state index contributed by atoms with van der Waals surface area (Å²) in [5.74, 6) is 0.306. The van der Waals surface area contributed by atoms with E-state index in [1.807, 2.05) is 30.3 Å². The summed E-state index contributed by atoms with van der Waals surface area (Å²) in [5, 5.41) is 12.0. The topological polar surface area (TPSA) is 103 Å². The molecule has 160 valence electrons. The van der Waals surface area contributed by atoms with Gasteiger partial charge in [0.1, 0.15) is 6.61 Å². The van der Waals surface area contributed by atoms with Crippen molar-refractivity contribution >= 4 is 12.1 Å². The van der Waals surface area contributed by atoms with Crippen molar-refractivity contribution in [2.24, 2.45) is 0 Å². The van der Waals surface area contributed by atoms with E-state index in [9.17, 15) is 14.7 Å². The number of nitrogens with one attached hydrogen (secondary N) is 1. The van der Waals surface area contributed by atoms with Crippen LogP contribution in [0.25, 0.3) is 0 Å². The quantitative estimate of drug-likeness (QED) is 0.648. The van der Waals surface area contributed by atoms with Gasteiger partial charge in [-0.25, -0.2) is 9.59 Å². The molecular formula is C22H25NO7. The molecule has 3 rings (SSSR count). The van der Waals surface area contributed by atoms with Crippen molar-refractivity contribution in [3.05, 3.63) is 59.2 Å². The number of rotatable bonds is 9. The maximum atomic E-state index is 12.0. The summed E-state index contributed by atoms with van der Waals surface area (Å²) >= 11 is 0. The second-order valence-electron chi connectivity index (χ2n) is 7.15. The lowest BCUT2D eigenvalue weighted by molar-refractivity contribution is -0.153. The van der Waals surface area contributed by atoms with Gasteiger partial charge in [-0.05, 0) is 42.7 Å². The van der Waals surface area contributed by atoms with Gasteiger partial charge in [0.2, 0.25) is 6.79 Å². The number of fused-ring (bicyclic) bond motifs is 1. The third-order valence-corrected chi connectivity index (χ3v) is 4.37. The molecule has 1 aliphatic heterocycles. The highest BCUT2D eigenvalue weighted by Gasteiger charge is 2.20. The minimum Gasteiger partial charge on any atom is -0.479 e. The molecule has 0 saturated carbocycles. The van der Waals surface area contributed by atoms with E-state index in [0.717, 1.165) is 16.7 Å². The lowest BCUT2D eigenvalue weighted by Gasteiger charge is -2.17. The van der Waals surface area contributed by atoms with Gasteiger partial charge in [0.15, 0.2) is 17.6 Å². The summed E-state index contributed by atoms with van der Waals surface area (Å²) in [6, 6.07) is 12.7. The van der Waals surface area contributed by atoms with Gasteiger partial charge < -0.3 is 29.4 Å². The van der Waals surface area contributed by atoms with E-state index in [0.29, 0.717) is 11.5 Å². The third-order valence-electron chi connectivity index (χ3n) is 4.37. The molecule has 0 fully saturated rings. The molecule has 1 heterocycles. The molecular weight excluding hydrogens is 390 g/mol. The minimum atomic E-state index is -1.00. The van der Waals surface area contributed by atoms with Crippen LogP contribution < -0.4 is 14.8 Å². The number of benzene rings is 2. The Morgan fingerprint density at radius 1 is 1.07 bits per heavy atom. The monoisotopic (exact) mass is 415 g/mol. The zero-order valence-corrected chi connectivity index (χ0v) is 16.9. The molecule has 0 bridgehead atoms. The van der Waals surface area contributed by atoms with Gasteiger partial charge in [-0.1, -0.05) is 30.3 Å². The van der Waals surface area contributed by atoms with Crippen molar-refractivity contribution in [2.45, 2.75) is 45.6 Å². The van der Waals surface area contributed by atoms with Crippen LogP contribution in [0.4, 0.5) is 4.79 Å². The van der Waals surface area contributed by atoms with Gasteiger partial charge in [-0.15, -0.1) is 0 Å². The van der Waals surface area contributed by atoms with E-state index >= 15 is 0 Å². The summed E-state index contributed by atoms with van der Waals surface area (Å²) in [6.45, 7) is 4.15. The van der Waals surface area contributed by atoms with Crippen LogP contribution >= 0.6 is 0 Å². The first-order chi connectivity index (χ1) is 14.4. The average Bonchev–Trinajstić information content (AvgIpc) is 3.18. The molecule has 1 aliphatic rings. The van der Waals surface area contributed by atoms with Crippen LogP contribution in [-0.4, -0.2) is 36.2 Å². The average molecular weight is 415 g/mol. The Labute approximate surface area is 174 Å². The van der Waals surface area contributed by atoms with Crippen molar-refractivity contribution in [2.75, 3.05) is 6.79 Å². The number of carboxylic acids is 1. The van der Waals surface area contributed by atoms with E-state index < -0.39 is 18.2 Å². The Balaban J connectivity index is 1.48. The Hall–Kier alpha value is -3.26. The first kappa shape index (κ1) is 21.4. The van der Waals surface area contributed by atoms with Gasteiger partial charge in [0.25, 0.3) is 0 Å². The molecule has 2 aromatic carbocycles. The first-order valence-electron chi connectivity index (χ1n) is 9.66. The summed E-state index contributed by atoms with van der Waals surface area (Å²) in [4.78, 5) is 23.4. The van der Waals surface area contributed by atoms with Crippen molar-refractivity contribution < 1.29 is 33.6 Å². The lowest BCUT2D eigenvalue weighted by Crippen LogP contribution is -2.29. The molecule has 1 unspecified atom stereocenters. The summed E-state index contributed by atoms with van der Waals surface area (Å²) < 4.78 is 21.2. The van der Waals surface area contributed by atoms with Crippen molar-refractivity contribution in [1.82, 2.24) is 5.32 Å². The fourth-order valence-electron chi connectivity index (χ4n) is 3.01. The summed E-state index contributed by atoms with van der Waals surface area (Å²) in [5.41, 5.74) is 2.44. The molecule has 8 nitrogen and oxygen atoms in total. The highest BCUT2D eigenvalue weighted by molar-refractivity contribution is 5.72. The van der Waals surface area contributed by atoms with E-state index in [1.54, 1.807) is 26.0 Å². The summed E-state index contributed by atoms with van der Waals surface area (Å²) in [6.07, 6.45) is -1.41. The van der Waals surface area contributed by atoms with Crippen molar-refractivity contribution in [1.29, 1.82) is 0 Å². The SMILES string of the molecule is CC(C)OC(Cc1cccc(CNC(=O)OCc2ccc3c(c2)OCO3)c1)C(=O)O. The fraction of sp³-hybridized carbons (Fsp3) is 0.364. The number of alkyl carbamates (subject to hydrolysis) is 1.